The summed E-state index contributed by atoms with van der Waals surface area (Å²) < 4.78 is 1.97. The highest BCUT2D eigenvalue weighted by Crippen LogP contribution is 2.37. The highest BCUT2D eigenvalue weighted by atomic mass is 32.1. The van der Waals surface area contributed by atoms with E-state index in [0.29, 0.717) is 16.5 Å². The van der Waals surface area contributed by atoms with Gasteiger partial charge in [0.15, 0.2) is 0 Å². The number of thiophene rings is 1. The van der Waals surface area contributed by atoms with Gasteiger partial charge in [0.1, 0.15) is 17.6 Å². The van der Waals surface area contributed by atoms with Crippen LogP contribution in [0.2, 0.25) is 0 Å². The van der Waals surface area contributed by atoms with E-state index in [1.165, 1.54) is 16.9 Å². The Balaban J connectivity index is 1.54. The third kappa shape index (κ3) is 3.38. The number of carbonyl (C=O) groups excluding carboxylic acids is 1. The highest BCUT2D eigenvalue weighted by molar-refractivity contribution is 7.16. The normalized spacial score (nSPS) is 13.6. The molecule has 0 aliphatic heterocycles. The van der Waals surface area contributed by atoms with Gasteiger partial charge in [-0.15, -0.1) is 11.3 Å². The van der Waals surface area contributed by atoms with E-state index < -0.39 is 0 Å². The molecule has 27 heavy (non-hydrogen) atoms. The maximum absolute atomic E-state index is 12.6. The Labute approximate surface area is 163 Å². The van der Waals surface area contributed by atoms with Crippen LogP contribution in [0.4, 0.5) is 5.00 Å². The van der Waals surface area contributed by atoms with Gasteiger partial charge in [0, 0.05) is 16.6 Å². The first-order valence-corrected chi connectivity index (χ1v) is 10.3. The first-order chi connectivity index (χ1) is 13.1. The van der Waals surface area contributed by atoms with Gasteiger partial charge in [-0.2, -0.15) is 5.26 Å². The maximum atomic E-state index is 12.6. The van der Waals surface area contributed by atoms with E-state index in [4.69, 9.17) is 0 Å². The van der Waals surface area contributed by atoms with E-state index >= 15 is 0 Å². The number of aromatic nitrogens is 1. The van der Waals surface area contributed by atoms with Crippen LogP contribution in [0.1, 0.15) is 54.2 Å². The van der Waals surface area contributed by atoms with E-state index in [1.54, 1.807) is 11.3 Å². The molecule has 5 heteroatoms. The van der Waals surface area contributed by atoms with Gasteiger partial charge in [-0.05, 0) is 66.3 Å². The quantitative estimate of drug-likeness (QED) is 0.678. The Bertz CT molecular complexity index is 1050. The van der Waals surface area contributed by atoms with Crippen molar-refractivity contribution in [3.63, 3.8) is 0 Å². The molecule has 0 bridgehead atoms. The lowest BCUT2D eigenvalue weighted by Gasteiger charge is -2.09. The molecule has 4 nitrogen and oxygen atoms in total. The first kappa shape index (κ1) is 17.8. The van der Waals surface area contributed by atoms with Crippen molar-refractivity contribution >= 4 is 33.1 Å². The second kappa shape index (κ2) is 7.21. The number of carbonyl (C=O) groups is 1. The largest absolute Gasteiger partial charge is 0.338 e. The number of amides is 1. The summed E-state index contributed by atoms with van der Waals surface area (Å²) in [6, 6.07) is 10.8. The summed E-state index contributed by atoms with van der Waals surface area (Å²) in [7, 11) is 0. The minimum Gasteiger partial charge on any atom is -0.338 e. The number of hydrogen-bond donors (Lipinski definition) is 1. The molecule has 1 amide bonds. The zero-order valence-electron chi connectivity index (χ0n) is 15.7. The van der Waals surface area contributed by atoms with E-state index in [-0.39, 0.29) is 12.5 Å². The second-order valence-electron chi connectivity index (χ2n) is 7.49. The molecule has 0 saturated heterocycles. The minimum absolute atomic E-state index is 0.0875. The fraction of sp³-hybridized carbons (Fsp3) is 0.364. The first-order valence-electron chi connectivity index (χ1n) is 9.50. The summed E-state index contributed by atoms with van der Waals surface area (Å²) in [6.45, 7) is 4.61. The molecular weight excluding hydrogens is 354 g/mol. The van der Waals surface area contributed by atoms with Crippen molar-refractivity contribution in [3.8, 4) is 6.07 Å². The Hall–Kier alpha value is -2.58. The standard InChI is InChI=1S/C22H23N3OS/c1-14(2)15-7-8-19-16(11-15)9-10-25(19)13-21(26)24-22-18(12-23)17-5-3-4-6-20(17)27-22/h7-11,14H,3-6,13H2,1-2H3,(H,24,26). The van der Waals surface area contributed by atoms with Crippen LogP contribution in [0, 0.1) is 11.3 Å². The zero-order chi connectivity index (χ0) is 19.0. The molecule has 0 spiro atoms. The number of anilines is 1. The third-order valence-electron chi connectivity index (χ3n) is 5.31. The van der Waals surface area contributed by atoms with Gasteiger partial charge in [-0.25, -0.2) is 0 Å². The number of nitriles is 1. The molecule has 3 aromatic rings. The molecule has 2 heterocycles. The van der Waals surface area contributed by atoms with Crippen molar-refractivity contribution in [1.29, 1.82) is 5.26 Å². The van der Waals surface area contributed by atoms with Crippen LogP contribution in [-0.2, 0) is 24.2 Å². The van der Waals surface area contributed by atoms with E-state index in [1.807, 2.05) is 10.8 Å². The predicted octanol–water partition coefficient (Wildman–Crippen LogP) is 5.22. The summed E-state index contributed by atoms with van der Waals surface area (Å²) in [6.07, 6.45) is 6.22. The van der Waals surface area contributed by atoms with Crippen LogP contribution in [0.15, 0.2) is 30.5 Å². The summed E-state index contributed by atoms with van der Waals surface area (Å²) in [5.41, 5.74) is 4.17. The minimum atomic E-state index is -0.0875. The number of rotatable bonds is 4. The average Bonchev–Trinajstić information content (AvgIpc) is 3.21. The zero-order valence-corrected chi connectivity index (χ0v) is 16.5. The molecule has 1 N–H and O–H groups in total. The Morgan fingerprint density at radius 2 is 2.11 bits per heavy atom. The van der Waals surface area contributed by atoms with Gasteiger partial charge in [0.25, 0.3) is 0 Å². The fourth-order valence-electron chi connectivity index (χ4n) is 3.81. The van der Waals surface area contributed by atoms with Crippen LogP contribution in [-0.4, -0.2) is 10.5 Å². The SMILES string of the molecule is CC(C)c1ccc2c(ccn2CC(=O)Nc2sc3c(c2C#N)CCCC3)c1. The molecule has 0 unspecified atom stereocenters. The molecule has 4 rings (SSSR count). The molecule has 0 fully saturated rings. The molecule has 0 radical (unpaired) electrons. The Morgan fingerprint density at radius 1 is 1.30 bits per heavy atom. The van der Waals surface area contributed by atoms with Gasteiger partial charge in [0.05, 0.1) is 5.56 Å². The number of fused-ring (bicyclic) bond motifs is 2. The predicted molar refractivity (Wildman–Crippen MR) is 110 cm³/mol. The van der Waals surface area contributed by atoms with Crippen LogP contribution in [0.5, 0.6) is 0 Å². The molecule has 2 aromatic heterocycles. The number of nitrogens with one attached hydrogen (secondary N) is 1. The number of nitrogens with zero attached hydrogens (tertiary/aromatic N) is 2. The molecule has 1 aliphatic rings. The van der Waals surface area contributed by atoms with Crippen molar-refractivity contribution in [3.05, 3.63) is 52.0 Å². The summed E-state index contributed by atoms with van der Waals surface area (Å²) >= 11 is 1.57. The summed E-state index contributed by atoms with van der Waals surface area (Å²) in [4.78, 5) is 13.9. The lowest BCUT2D eigenvalue weighted by atomic mass is 9.96. The van der Waals surface area contributed by atoms with Crippen molar-refractivity contribution in [1.82, 2.24) is 4.57 Å². The molecule has 138 valence electrons. The van der Waals surface area contributed by atoms with E-state index in [0.717, 1.165) is 35.7 Å². The maximum Gasteiger partial charge on any atom is 0.244 e. The van der Waals surface area contributed by atoms with Crippen molar-refractivity contribution < 1.29 is 4.79 Å². The summed E-state index contributed by atoms with van der Waals surface area (Å²) in [5.74, 6) is 0.394. The van der Waals surface area contributed by atoms with Crippen LogP contribution in [0.25, 0.3) is 10.9 Å². The van der Waals surface area contributed by atoms with E-state index in [2.05, 4.69) is 49.5 Å². The summed E-state index contributed by atoms with van der Waals surface area (Å²) in [5, 5.41) is 14.4. The molecule has 0 atom stereocenters. The lowest BCUT2D eigenvalue weighted by molar-refractivity contribution is -0.116. The highest BCUT2D eigenvalue weighted by Gasteiger charge is 2.22. The van der Waals surface area contributed by atoms with Gasteiger partial charge >= 0.3 is 0 Å². The Kier molecular flexibility index (Phi) is 4.75. The molecule has 1 aliphatic carbocycles. The van der Waals surface area contributed by atoms with Crippen molar-refractivity contribution in [2.75, 3.05) is 5.32 Å². The van der Waals surface area contributed by atoms with Crippen LogP contribution >= 0.6 is 11.3 Å². The monoisotopic (exact) mass is 377 g/mol. The topological polar surface area (TPSA) is 57.8 Å². The number of hydrogen-bond acceptors (Lipinski definition) is 3. The average molecular weight is 378 g/mol. The lowest BCUT2D eigenvalue weighted by Crippen LogP contribution is -2.18. The smallest absolute Gasteiger partial charge is 0.244 e. The third-order valence-corrected chi connectivity index (χ3v) is 6.52. The van der Waals surface area contributed by atoms with Crippen LogP contribution < -0.4 is 5.32 Å². The van der Waals surface area contributed by atoms with E-state index in [9.17, 15) is 10.1 Å². The van der Waals surface area contributed by atoms with Crippen molar-refractivity contribution in [2.24, 2.45) is 0 Å². The van der Waals surface area contributed by atoms with Gasteiger partial charge < -0.3 is 9.88 Å². The fourth-order valence-corrected chi connectivity index (χ4v) is 5.06. The van der Waals surface area contributed by atoms with Gasteiger partial charge in [-0.3, -0.25) is 4.79 Å². The Morgan fingerprint density at radius 3 is 2.89 bits per heavy atom. The van der Waals surface area contributed by atoms with Gasteiger partial charge in [-0.1, -0.05) is 19.9 Å². The number of aryl methyl sites for hydroxylation is 1. The van der Waals surface area contributed by atoms with Crippen LogP contribution in [0.3, 0.4) is 0 Å². The second-order valence-corrected chi connectivity index (χ2v) is 8.60. The molecular formula is C22H23N3OS. The van der Waals surface area contributed by atoms with Gasteiger partial charge in [0.2, 0.25) is 5.91 Å². The number of benzene rings is 1. The molecule has 0 saturated carbocycles. The molecule has 1 aromatic carbocycles. The van der Waals surface area contributed by atoms with Crippen molar-refractivity contribution in [2.45, 2.75) is 52.0 Å².